The highest BCUT2D eigenvalue weighted by atomic mass is 19.1. The van der Waals surface area contributed by atoms with Gasteiger partial charge in [0.05, 0.1) is 12.4 Å². The van der Waals surface area contributed by atoms with Crippen LogP contribution in [0, 0.1) is 25.6 Å². The molecule has 3 rings (SSSR count). The molecule has 0 aliphatic carbocycles. The smallest absolute Gasteiger partial charge is 0.232 e. The second kappa shape index (κ2) is 6.31. The maximum atomic E-state index is 13.9. The third-order valence-electron chi connectivity index (χ3n) is 4.44. The summed E-state index contributed by atoms with van der Waals surface area (Å²) in [6, 6.07) is 10.0. The molecular formula is C21H24FN2+. The molecule has 0 amide bonds. The van der Waals surface area contributed by atoms with E-state index in [4.69, 9.17) is 0 Å². The number of aromatic nitrogens is 2. The third kappa shape index (κ3) is 3.03. The normalized spacial score (nSPS) is 11.5. The Kier molecular flexibility index (Phi) is 4.35. The lowest BCUT2D eigenvalue weighted by molar-refractivity contribution is -0.662. The van der Waals surface area contributed by atoms with Crippen molar-refractivity contribution in [1.82, 2.24) is 4.98 Å². The summed E-state index contributed by atoms with van der Waals surface area (Å²) in [6.07, 6.45) is 2.87. The number of benzene rings is 2. The predicted molar refractivity (Wildman–Crippen MR) is 96.3 cm³/mol. The van der Waals surface area contributed by atoms with Gasteiger partial charge >= 0.3 is 0 Å². The Morgan fingerprint density at radius 1 is 1.08 bits per heavy atom. The van der Waals surface area contributed by atoms with E-state index in [1.54, 1.807) is 6.07 Å². The van der Waals surface area contributed by atoms with Crippen LogP contribution in [0.25, 0.3) is 22.2 Å². The maximum Gasteiger partial charge on any atom is 0.287 e. The number of hydrogen-bond acceptors (Lipinski definition) is 1. The molecule has 0 N–H and O–H groups in total. The molecule has 1 heterocycles. The molecule has 0 bridgehead atoms. The largest absolute Gasteiger partial charge is 0.287 e. The van der Waals surface area contributed by atoms with Crippen LogP contribution in [-0.2, 0) is 13.5 Å². The zero-order chi connectivity index (χ0) is 17.4. The van der Waals surface area contributed by atoms with Gasteiger partial charge in [0.2, 0.25) is 0 Å². The average Bonchev–Trinajstić information content (AvgIpc) is 2.51. The predicted octanol–water partition coefficient (Wildman–Crippen LogP) is 4.68. The summed E-state index contributed by atoms with van der Waals surface area (Å²) in [6.45, 7) is 8.22. The summed E-state index contributed by atoms with van der Waals surface area (Å²) in [5, 5.41) is 1.12. The number of rotatable bonds is 3. The van der Waals surface area contributed by atoms with Crippen LogP contribution in [0.4, 0.5) is 4.39 Å². The van der Waals surface area contributed by atoms with E-state index >= 15 is 0 Å². The summed E-state index contributed by atoms with van der Waals surface area (Å²) < 4.78 is 15.9. The second-order valence-corrected chi connectivity index (χ2v) is 7.07. The van der Waals surface area contributed by atoms with Gasteiger partial charge in [-0.1, -0.05) is 19.9 Å². The molecule has 124 valence electrons. The van der Waals surface area contributed by atoms with Crippen LogP contribution in [0.15, 0.2) is 36.7 Å². The standard InChI is InChI=1S/C21H24FN2/c1-13(2)8-16-6-7-20-18(11-16)21(24(5)12-23-20)17-9-15(4)19(22)10-14(17)3/h6-7,9-13H,8H2,1-5H3/q+1. The first-order chi connectivity index (χ1) is 11.4. The lowest BCUT2D eigenvalue weighted by Crippen LogP contribution is -2.32. The Balaban J connectivity index is 2.30. The van der Waals surface area contributed by atoms with Crippen molar-refractivity contribution < 1.29 is 8.96 Å². The third-order valence-corrected chi connectivity index (χ3v) is 4.44. The summed E-state index contributed by atoms with van der Waals surface area (Å²) in [5.41, 5.74) is 6.03. The molecule has 24 heavy (non-hydrogen) atoms. The average molecular weight is 323 g/mol. The van der Waals surface area contributed by atoms with Crippen molar-refractivity contribution in [2.75, 3.05) is 0 Å². The van der Waals surface area contributed by atoms with Crippen molar-refractivity contribution in [3.8, 4) is 11.3 Å². The van der Waals surface area contributed by atoms with Gasteiger partial charge in [0.25, 0.3) is 6.33 Å². The van der Waals surface area contributed by atoms with E-state index in [1.807, 2.05) is 37.9 Å². The molecule has 0 aliphatic heterocycles. The molecule has 3 heteroatoms. The van der Waals surface area contributed by atoms with Crippen LogP contribution >= 0.6 is 0 Å². The number of nitrogens with zero attached hydrogens (tertiary/aromatic N) is 2. The molecule has 0 unspecified atom stereocenters. The van der Waals surface area contributed by atoms with Gasteiger partial charge in [-0.2, -0.15) is 0 Å². The molecule has 2 aromatic carbocycles. The van der Waals surface area contributed by atoms with E-state index in [0.717, 1.165) is 34.1 Å². The topological polar surface area (TPSA) is 16.8 Å². The first-order valence-corrected chi connectivity index (χ1v) is 8.41. The van der Waals surface area contributed by atoms with Crippen molar-refractivity contribution in [3.05, 3.63) is 59.2 Å². The fraction of sp³-hybridized carbons (Fsp3) is 0.333. The van der Waals surface area contributed by atoms with Crippen molar-refractivity contribution in [3.63, 3.8) is 0 Å². The minimum atomic E-state index is -0.155. The van der Waals surface area contributed by atoms with Crippen LogP contribution in [0.2, 0.25) is 0 Å². The lowest BCUT2D eigenvalue weighted by Gasteiger charge is -2.12. The Labute approximate surface area is 143 Å². The van der Waals surface area contributed by atoms with E-state index in [2.05, 4.69) is 37.0 Å². The number of aryl methyl sites for hydroxylation is 3. The fourth-order valence-corrected chi connectivity index (χ4v) is 3.25. The van der Waals surface area contributed by atoms with Crippen LogP contribution in [0.3, 0.4) is 0 Å². The van der Waals surface area contributed by atoms with Crippen LogP contribution in [0.1, 0.15) is 30.5 Å². The van der Waals surface area contributed by atoms with Gasteiger partial charge in [0, 0.05) is 5.56 Å². The summed E-state index contributed by atoms with van der Waals surface area (Å²) in [4.78, 5) is 4.55. The van der Waals surface area contributed by atoms with Gasteiger partial charge < -0.3 is 0 Å². The number of halogens is 1. The summed E-state index contributed by atoms with van der Waals surface area (Å²) in [7, 11) is 2.00. The second-order valence-electron chi connectivity index (χ2n) is 7.07. The quantitative estimate of drug-likeness (QED) is 0.639. The van der Waals surface area contributed by atoms with Gasteiger partial charge in [0.15, 0.2) is 5.52 Å². The van der Waals surface area contributed by atoms with E-state index in [0.29, 0.717) is 11.5 Å². The summed E-state index contributed by atoms with van der Waals surface area (Å²) >= 11 is 0. The van der Waals surface area contributed by atoms with Crippen molar-refractivity contribution in [2.24, 2.45) is 13.0 Å². The Morgan fingerprint density at radius 2 is 1.83 bits per heavy atom. The van der Waals surface area contributed by atoms with Gasteiger partial charge in [-0.25, -0.2) is 8.96 Å². The van der Waals surface area contributed by atoms with Crippen molar-refractivity contribution in [1.29, 1.82) is 0 Å². The zero-order valence-electron chi connectivity index (χ0n) is 15.0. The van der Waals surface area contributed by atoms with Gasteiger partial charge in [-0.15, -0.1) is 0 Å². The van der Waals surface area contributed by atoms with Crippen LogP contribution in [0.5, 0.6) is 0 Å². The van der Waals surface area contributed by atoms with E-state index in [-0.39, 0.29) is 5.82 Å². The molecule has 1 aromatic heterocycles. The molecule has 0 radical (unpaired) electrons. The Bertz CT molecular complexity index is 913. The summed E-state index contributed by atoms with van der Waals surface area (Å²) in [5.74, 6) is 0.448. The molecule has 2 nitrogen and oxygen atoms in total. The highest BCUT2D eigenvalue weighted by molar-refractivity contribution is 5.91. The van der Waals surface area contributed by atoms with Crippen molar-refractivity contribution in [2.45, 2.75) is 34.1 Å². The minimum Gasteiger partial charge on any atom is -0.232 e. The number of fused-ring (bicyclic) bond motifs is 1. The first kappa shape index (κ1) is 16.6. The molecule has 0 saturated carbocycles. The molecule has 3 aromatic rings. The Morgan fingerprint density at radius 3 is 2.54 bits per heavy atom. The highest BCUT2D eigenvalue weighted by Crippen LogP contribution is 2.29. The molecular weight excluding hydrogens is 299 g/mol. The monoisotopic (exact) mass is 323 g/mol. The molecule has 0 saturated heterocycles. The maximum absolute atomic E-state index is 13.9. The van der Waals surface area contributed by atoms with Crippen LogP contribution < -0.4 is 4.57 Å². The molecule has 0 aliphatic rings. The van der Waals surface area contributed by atoms with E-state index < -0.39 is 0 Å². The SMILES string of the molecule is Cc1cc(-c2c3cc(CC(C)C)ccc3nc[n+]2C)c(C)cc1F. The fourth-order valence-electron chi connectivity index (χ4n) is 3.25. The van der Waals surface area contributed by atoms with Crippen LogP contribution in [-0.4, -0.2) is 4.98 Å². The molecule has 0 atom stereocenters. The van der Waals surface area contributed by atoms with Gasteiger partial charge in [-0.3, -0.25) is 0 Å². The van der Waals surface area contributed by atoms with Gasteiger partial charge in [0.1, 0.15) is 11.5 Å². The van der Waals surface area contributed by atoms with E-state index in [9.17, 15) is 4.39 Å². The van der Waals surface area contributed by atoms with Gasteiger partial charge in [-0.05, 0) is 72.1 Å². The highest BCUT2D eigenvalue weighted by Gasteiger charge is 2.18. The van der Waals surface area contributed by atoms with E-state index in [1.165, 1.54) is 5.56 Å². The molecule has 0 fully saturated rings. The lowest BCUT2D eigenvalue weighted by atomic mass is 9.96. The number of hydrogen-bond donors (Lipinski definition) is 0. The minimum absolute atomic E-state index is 0.155. The zero-order valence-corrected chi connectivity index (χ0v) is 15.0. The molecule has 0 spiro atoms. The van der Waals surface area contributed by atoms with Crippen molar-refractivity contribution >= 4 is 10.9 Å². The first-order valence-electron chi connectivity index (χ1n) is 8.41. The Hall–Kier alpha value is -2.29.